The van der Waals surface area contributed by atoms with Gasteiger partial charge in [-0.05, 0) is 12.1 Å². The number of hydrogen-bond acceptors (Lipinski definition) is 2. The third-order valence-corrected chi connectivity index (χ3v) is 2.08. The maximum absolute atomic E-state index is 13.1. The quantitative estimate of drug-likeness (QED) is 0.831. The van der Waals surface area contributed by atoms with Gasteiger partial charge in [-0.25, -0.2) is 9.18 Å². The second-order valence-electron chi connectivity index (χ2n) is 2.52. The van der Waals surface area contributed by atoms with E-state index in [9.17, 15) is 9.18 Å². The molecule has 0 radical (unpaired) electrons. The van der Waals surface area contributed by atoms with Gasteiger partial charge in [-0.2, -0.15) is 0 Å². The third kappa shape index (κ3) is 2.15. The van der Waals surface area contributed by atoms with Gasteiger partial charge in [0, 0.05) is 10.6 Å². The summed E-state index contributed by atoms with van der Waals surface area (Å²) in [7, 11) is 0. The fraction of sp³-hybridized carbons (Fsp3) is 0.125. The van der Waals surface area contributed by atoms with Crippen LogP contribution in [0, 0.1) is 5.82 Å². The second-order valence-corrected chi connectivity index (χ2v) is 3.37. The lowest BCUT2D eigenvalue weighted by molar-refractivity contribution is -0.147. The number of carboxylic acid groups (broad SMARTS) is 1. The topological polar surface area (TPSA) is 57.5 Å². The molecule has 0 heterocycles. The molecule has 0 fully saturated rings. The van der Waals surface area contributed by atoms with Crippen molar-refractivity contribution in [1.29, 1.82) is 0 Å². The molecule has 0 aromatic heterocycles. The highest BCUT2D eigenvalue weighted by molar-refractivity contribution is 6.35. The van der Waals surface area contributed by atoms with Crippen molar-refractivity contribution in [1.82, 2.24) is 0 Å². The van der Waals surface area contributed by atoms with Gasteiger partial charge in [0.05, 0.1) is 5.02 Å². The Morgan fingerprint density at radius 1 is 1.43 bits per heavy atom. The highest BCUT2D eigenvalue weighted by Crippen LogP contribution is 2.29. The van der Waals surface area contributed by atoms with Crippen LogP contribution in [-0.2, 0) is 4.79 Å². The molecule has 1 atom stereocenters. The normalized spacial score (nSPS) is 12.6. The molecule has 0 spiro atoms. The van der Waals surface area contributed by atoms with Crippen molar-refractivity contribution in [2.45, 2.75) is 6.10 Å². The van der Waals surface area contributed by atoms with Crippen molar-refractivity contribution in [3.63, 3.8) is 0 Å². The molecule has 0 saturated carbocycles. The van der Waals surface area contributed by atoms with Crippen LogP contribution in [0.2, 0.25) is 10.0 Å². The number of aliphatic hydroxyl groups excluding tert-OH is 1. The van der Waals surface area contributed by atoms with Crippen LogP contribution in [0.25, 0.3) is 0 Å². The van der Waals surface area contributed by atoms with E-state index in [4.69, 9.17) is 33.4 Å². The monoisotopic (exact) mass is 238 g/mol. The maximum atomic E-state index is 13.1. The van der Waals surface area contributed by atoms with Crippen molar-refractivity contribution in [3.05, 3.63) is 33.6 Å². The summed E-state index contributed by atoms with van der Waals surface area (Å²) in [5.41, 5.74) is -0.483. The first-order valence-corrected chi connectivity index (χ1v) is 4.24. The fourth-order valence-corrected chi connectivity index (χ4v) is 1.51. The molecule has 1 rings (SSSR count). The molecule has 14 heavy (non-hydrogen) atoms. The van der Waals surface area contributed by atoms with Crippen molar-refractivity contribution in [3.8, 4) is 0 Å². The number of rotatable bonds is 2. The molecular formula is C8H5Cl2FO3. The Hall–Kier alpha value is -0.840. The molecule has 0 amide bonds. The van der Waals surface area contributed by atoms with Gasteiger partial charge in [-0.15, -0.1) is 0 Å². The molecule has 1 aromatic rings. The minimum absolute atomic E-state index is 0.0360. The first-order valence-electron chi connectivity index (χ1n) is 3.48. The first kappa shape index (κ1) is 11.2. The summed E-state index contributed by atoms with van der Waals surface area (Å²) in [6.07, 6.45) is -1.99. The molecule has 0 unspecified atom stereocenters. The summed E-state index contributed by atoms with van der Waals surface area (Å²) in [5, 5.41) is 17.3. The van der Waals surface area contributed by atoms with Crippen LogP contribution in [0.3, 0.4) is 0 Å². The number of aliphatic hydroxyl groups is 1. The Bertz CT molecular complexity index is 358. The number of carbonyl (C=O) groups is 1. The summed E-state index contributed by atoms with van der Waals surface area (Å²) in [4.78, 5) is 10.4. The zero-order chi connectivity index (χ0) is 10.9. The molecule has 0 saturated heterocycles. The lowest BCUT2D eigenvalue weighted by Gasteiger charge is -2.09. The van der Waals surface area contributed by atoms with E-state index in [-0.39, 0.29) is 10.0 Å². The Morgan fingerprint density at radius 2 is 2.00 bits per heavy atom. The summed E-state index contributed by atoms with van der Waals surface area (Å²) in [5.74, 6) is -2.52. The number of carboxylic acids is 1. The lowest BCUT2D eigenvalue weighted by atomic mass is 10.1. The van der Waals surface area contributed by atoms with Crippen molar-refractivity contribution in [2.75, 3.05) is 0 Å². The minimum Gasteiger partial charge on any atom is -0.479 e. The molecule has 6 heteroatoms. The van der Waals surface area contributed by atoms with Crippen LogP contribution in [0.5, 0.6) is 0 Å². The van der Waals surface area contributed by atoms with E-state index in [2.05, 4.69) is 0 Å². The van der Waals surface area contributed by atoms with Gasteiger partial charge in [-0.3, -0.25) is 0 Å². The molecule has 0 aliphatic heterocycles. The summed E-state index contributed by atoms with van der Waals surface area (Å²) >= 11 is 11.0. The van der Waals surface area contributed by atoms with Gasteiger partial charge in [0.2, 0.25) is 0 Å². The Labute approximate surface area is 88.7 Å². The van der Waals surface area contributed by atoms with E-state index < -0.39 is 23.5 Å². The molecule has 1 aromatic carbocycles. The largest absolute Gasteiger partial charge is 0.479 e. The highest BCUT2D eigenvalue weighted by Gasteiger charge is 2.23. The van der Waals surface area contributed by atoms with Crippen LogP contribution < -0.4 is 0 Å². The van der Waals surface area contributed by atoms with Gasteiger partial charge in [0.25, 0.3) is 0 Å². The average Bonchev–Trinajstić information content (AvgIpc) is 2.01. The predicted octanol–water partition coefficient (Wildman–Crippen LogP) is 2.25. The molecule has 3 nitrogen and oxygen atoms in total. The fourth-order valence-electron chi connectivity index (χ4n) is 0.938. The third-order valence-electron chi connectivity index (χ3n) is 1.55. The smallest absolute Gasteiger partial charge is 0.337 e. The first-order chi connectivity index (χ1) is 6.43. The van der Waals surface area contributed by atoms with E-state index in [0.29, 0.717) is 0 Å². The van der Waals surface area contributed by atoms with E-state index in [1.165, 1.54) is 0 Å². The van der Waals surface area contributed by atoms with Gasteiger partial charge < -0.3 is 10.2 Å². The van der Waals surface area contributed by atoms with Crippen LogP contribution in [0.4, 0.5) is 4.39 Å². The Morgan fingerprint density at radius 3 is 2.43 bits per heavy atom. The number of hydrogen-bond donors (Lipinski definition) is 2. The van der Waals surface area contributed by atoms with Gasteiger partial charge in [0.1, 0.15) is 5.82 Å². The molecule has 76 valence electrons. The molecule has 0 aliphatic rings. The SMILES string of the molecule is O=C(O)[C@@H](O)c1c(F)cc(Cl)cc1Cl. The Balaban J connectivity index is 3.27. The van der Waals surface area contributed by atoms with E-state index >= 15 is 0 Å². The molecule has 0 aliphatic carbocycles. The van der Waals surface area contributed by atoms with Crippen LogP contribution >= 0.6 is 23.2 Å². The number of aliphatic carboxylic acids is 1. The van der Waals surface area contributed by atoms with Crippen LogP contribution in [0.1, 0.15) is 11.7 Å². The number of halogens is 3. The summed E-state index contributed by atoms with van der Waals surface area (Å²) in [6, 6.07) is 2.04. The van der Waals surface area contributed by atoms with Gasteiger partial charge >= 0.3 is 5.97 Å². The zero-order valence-corrected chi connectivity index (χ0v) is 8.18. The second kappa shape index (κ2) is 4.13. The van der Waals surface area contributed by atoms with Crippen molar-refractivity contribution >= 4 is 29.2 Å². The standard InChI is InChI=1S/C8H5Cl2FO3/c9-3-1-4(10)6(5(11)2-3)7(12)8(13)14/h1-2,7,12H,(H,13,14)/t7-/m0/s1. The number of benzene rings is 1. The van der Waals surface area contributed by atoms with Gasteiger partial charge in [0.15, 0.2) is 6.10 Å². The molecule has 0 bridgehead atoms. The summed E-state index contributed by atoms with van der Waals surface area (Å²) in [6.45, 7) is 0. The zero-order valence-electron chi connectivity index (χ0n) is 6.67. The maximum Gasteiger partial charge on any atom is 0.337 e. The highest BCUT2D eigenvalue weighted by atomic mass is 35.5. The van der Waals surface area contributed by atoms with E-state index in [1.807, 2.05) is 0 Å². The molecular weight excluding hydrogens is 234 g/mol. The Kier molecular flexibility index (Phi) is 3.31. The lowest BCUT2D eigenvalue weighted by Crippen LogP contribution is -2.12. The van der Waals surface area contributed by atoms with Crippen LogP contribution in [0.15, 0.2) is 12.1 Å². The van der Waals surface area contributed by atoms with E-state index in [0.717, 1.165) is 12.1 Å². The average molecular weight is 239 g/mol. The van der Waals surface area contributed by atoms with Crippen LogP contribution in [-0.4, -0.2) is 16.2 Å². The molecule has 2 N–H and O–H groups in total. The van der Waals surface area contributed by atoms with Gasteiger partial charge in [-0.1, -0.05) is 23.2 Å². The van der Waals surface area contributed by atoms with E-state index in [1.54, 1.807) is 0 Å². The van der Waals surface area contributed by atoms with Crippen molar-refractivity contribution in [2.24, 2.45) is 0 Å². The summed E-state index contributed by atoms with van der Waals surface area (Å²) < 4.78 is 13.1. The predicted molar refractivity (Wildman–Crippen MR) is 49.0 cm³/mol. The van der Waals surface area contributed by atoms with Crippen molar-refractivity contribution < 1.29 is 19.4 Å². The minimum atomic E-state index is -1.99.